The van der Waals surface area contributed by atoms with Gasteiger partial charge in [0.25, 0.3) is 0 Å². The molecule has 0 aromatic carbocycles. The Morgan fingerprint density at radius 3 is 2.50 bits per heavy atom. The van der Waals surface area contributed by atoms with Crippen LogP contribution in [0, 0.1) is 5.41 Å². The Kier molecular flexibility index (Phi) is 2.04. The third-order valence-corrected chi connectivity index (χ3v) is 2.06. The fourth-order valence-electron chi connectivity index (χ4n) is 1.14. The van der Waals surface area contributed by atoms with Crippen molar-refractivity contribution in [2.45, 2.75) is 26.9 Å². The van der Waals surface area contributed by atoms with Crippen molar-refractivity contribution in [3.8, 4) is 0 Å². The van der Waals surface area contributed by atoms with Gasteiger partial charge in [-0.05, 0) is 26.0 Å². The molecule has 1 atom stereocenters. The van der Waals surface area contributed by atoms with Gasteiger partial charge in [0, 0.05) is 6.92 Å². The van der Waals surface area contributed by atoms with Crippen LogP contribution in [0.25, 0.3) is 0 Å². The fourth-order valence-corrected chi connectivity index (χ4v) is 1.14. The lowest BCUT2D eigenvalue weighted by Gasteiger charge is -2.24. The summed E-state index contributed by atoms with van der Waals surface area (Å²) in [5.41, 5.74) is -0.592. The van der Waals surface area contributed by atoms with Crippen molar-refractivity contribution >= 4 is 11.8 Å². The molecule has 0 aliphatic heterocycles. The number of hydrogen-bond acceptors (Lipinski definition) is 3. The van der Waals surface area contributed by atoms with Gasteiger partial charge in [0.1, 0.15) is 6.10 Å². The predicted molar refractivity (Wildman–Crippen MR) is 43.5 cm³/mol. The number of hydrogen-bond donors (Lipinski definition) is 0. The second-order valence-electron chi connectivity index (χ2n) is 3.48. The molecule has 0 bridgehead atoms. The van der Waals surface area contributed by atoms with Gasteiger partial charge in [0.05, 0.1) is 5.41 Å². The van der Waals surface area contributed by atoms with E-state index < -0.39 is 11.5 Å². The molecule has 1 unspecified atom stereocenters. The van der Waals surface area contributed by atoms with Crippen LogP contribution in [0.4, 0.5) is 0 Å². The summed E-state index contributed by atoms with van der Waals surface area (Å²) in [6.45, 7) is 4.87. The number of ketones is 1. The van der Waals surface area contributed by atoms with Gasteiger partial charge >= 0.3 is 5.97 Å². The molecule has 3 nitrogen and oxygen atoms in total. The maximum Gasteiger partial charge on any atom is 0.303 e. The fraction of sp³-hybridized carbons (Fsp3) is 0.556. The summed E-state index contributed by atoms with van der Waals surface area (Å²) in [5.74, 6) is -0.346. The molecular weight excluding hydrogens is 156 g/mol. The molecule has 3 heteroatoms. The molecule has 0 saturated heterocycles. The Hall–Kier alpha value is -1.12. The Balaban J connectivity index is 2.75. The van der Waals surface area contributed by atoms with Crippen LogP contribution in [0.15, 0.2) is 12.2 Å². The van der Waals surface area contributed by atoms with Crippen LogP contribution < -0.4 is 0 Å². The molecule has 0 aromatic heterocycles. The number of carbonyl (C=O) groups is 2. The molecule has 0 heterocycles. The van der Waals surface area contributed by atoms with Crippen molar-refractivity contribution in [1.82, 2.24) is 0 Å². The minimum absolute atomic E-state index is 0.00810. The zero-order valence-electron chi connectivity index (χ0n) is 7.46. The van der Waals surface area contributed by atoms with Gasteiger partial charge in [-0.3, -0.25) is 9.59 Å². The molecule has 0 aromatic rings. The summed E-state index contributed by atoms with van der Waals surface area (Å²) < 4.78 is 4.95. The Bertz CT molecular complexity index is 250. The number of esters is 1. The Labute approximate surface area is 71.4 Å². The van der Waals surface area contributed by atoms with Gasteiger partial charge < -0.3 is 4.74 Å². The summed E-state index contributed by atoms with van der Waals surface area (Å²) in [6.07, 6.45) is 2.69. The highest BCUT2D eigenvalue weighted by molar-refractivity contribution is 5.97. The summed E-state index contributed by atoms with van der Waals surface area (Å²) in [7, 11) is 0. The zero-order chi connectivity index (χ0) is 9.35. The van der Waals surface area contributed by atoms with E-state index in [1.807, 2.05) is 0 Å². The van der Waals surface area contributed by atoms with Gasteiger partial charge in [0.2, 0.25) is 0 Å². The first kappa shape index (κ1) is 8.97. The highest BCUT2D eigenvalue weighted by Crippen LogP contribution is 2.31. The van der Waals surface area contributed by atoms with Crippen LogP contribution in [-0.2, 0) is 14.3 Å². The van der Waals surface area contributed by atoms with Crippen LogP contribution in [0.2, 0.25) is 0 Å². The van der Waals surface area contributed by atoms with Crippen LogP contribution >= 0.6 is 0 Å². The predicted octanol–water partition coefficient (Wildman–Crippen LogP) is 1.08. The summed E-state index contributed by atoms with van der Waals surface area (Å²) in [5, 5.41) is 0. The van der Waals surface area contributed by atoms with E-state index in [9.17, 15) is 9.59 Å². The minimum atomic E-state index is -0.592. The lowest BCUT2D eigenvalue weighted by atomic mass is 9.87. The molecule has 66 valence electrons. The number of carbonyl (C=O) groups excluding carboxylic acids is 2. The number of rotatable bonds is 1. The van der Waals surface area contributed by atoms with Crippen molar-refractivity contribution in [2.24, 2.45) is 5.41 Å². The average Bonchev–Trinajstić information content (AvgIpc) is 2.15. The molecule has 0 fully saturated rings. The highest BCUT2D eigenvalue weighted by atomic mass is 16.5. The van der Waals surface area contributed by atoms with Crippen LogP contribution in [0.5, 0.6) is 0 Å². The number of allylic oxidation sites excluding steroid dienone is 1. The van der Waals surface area contributed by atoms with Gasteiger partial charge in [-0.25, -0.2) is 0 Å². The standard InChI is InChI=1S/C9H12O3/c1-6(10)12-8-5-4-7(11)9(8,2)3/h4-5,8H,1-3H3. The van der Waals surface area contributed by atoms with Crippen LogP contribution in [0.3, 0.4) is 0 Å². The first-order valence-corrected chi connectivity index (χ1v) is 3.84. The van der Waals surface area contributed by atoms with E-state index in [0.29, 0.717) is 0 Å². The molecule has 1 rings (SSSR count). The van der Waals surface area contributed by atoms with E-state index in [0.717, 1.165) is 0 Å². The van der Waals surface area contributed by atoms with E-state index in [2.05, 4.69) is 0 Å². The molecule has 12 heavy (non-hydrogen) atoms. The van der Waals surface area contributed by atoms with Crippen molar-refractivity contribution in [2.75, 3.05) is 0 Å². The van der Waals surface area contributed by atoms with Gasteiger partial charge in [-0.1, -0.05) is 0 Å². The first-order valence-electron chi connectivity index (χ1n) is 3.84. The quantitative estimate of drug-likeness (QED) is 0.550. The topological polar surface area (TPSA) is 43.4 Å². The summed E-state index contributed by atoms with van der Waals surface area (Å²) >= 11 is 0. The first-order chi connectivity index (χ1) is 5.44. The maximum atomic E-state index is 11.2. The van der Waals surface area contributed by atoms with Crippen molar-refractivity contribution in [3.05, 3.63) is 12.2 Å². The van der Waals surface area contributed by atoms with Crippen molar-refractivity contribution < 1.29 is 14.3 Å². The normalized spacial score (nSPS) is 25.9. The van der Waals surface area contributed by atoms with Crippen molar-refractivity contribution in [1.29, 1.82) is 0 Å². The summed E-state index contributed by atoms with van der Waals surface area (Å²) in [4.78, 5) is 21.8. The zero-order valence-corrected chi connectivity index (χ0v) is 7.46. The SMILES string of the molecule is CC(=O)OC1C=CC(=O)C1(C)C. The molecule has 0 saturated carbocycles. The molecule has 0 amide bonds. The minimum Gasteiger partial charge on any atom is -0.457 e. The third kappa shape index (κ3) is 1.40. The monoisotopic (exact) mass is 168 g/mol. The van der Waals surface area contributed by atoms with E-state index in [1.54, 1.807) is 19.9 Å². The van der Waals surface area contributed by atoms with Crippen LogP contribution in [-0.4, -0.2) is 17.9 Å². The molecule has 0 spiro atoms. The van der Waals surface area contributed by atoms with E-state index in [-0.39, 0.29) is 11.8 Å². The van der Waals surface area contributed by atoms with Gasteiger partial charge in [-0.15, -0.1) is 0 Å². The molecule has 0 N–H and O–H groups in total. The van der Waals surface area contributed by atoms with Crippen LogP contribution in [0.1, 0.15) is 20.8 Å². The maximum absolute atomic E-state index is 11.2. The Morgan fingerprint density at radius 1 is 1.58 bits per heavy atom. The highest BCUT2D eigenvalue weighted by Gasteiger charge is 2.40. The van der Waals surface area contributed by atoms with E-state index in [1.165, 1.54) is 13.0 Å². The molecule has 0 radical (unpaired) electrons. The lowest BCUT2D eigenvalue weighted by Crippen LogP contribution is -2.33. The second kappa shape index (κ2) is 2.73. The van der Waals surface area contributed by atoms with Crippen molar-refractivity contribution in [3.63, 3.8) is 0 Å². The van der Waals surface area contributed by atoms with E-state index in [4.69, 9.17) is 4.74 Å². The van der Waals surface area contributed by atoms with E-state index >= 15 is 0 Å². The molecule has 1 aliphatic rings. The molecular formula is C9H12O3. The summed E-state index contributed by atoms with van der Waals surface area (Å²) in [6, 6.07) is 0. The molecule has 1 aliphatic carbocycles. The number of ether oxygens (including phenoxy) is 1. The van der Waals surface area contributed by atoms with Gasteiger partial charge in [-0.2, -0.15) is 0 Å². The Morgan fingerprint density at radius 2 is 2.17 bits per heavy atom. The average molecular weight is 168 g/mol. The third-order valence-electron chi connectivity index (χ3n) is 2.06. The second-order valence-corrected chi connectivity index (χ2v) is 3.48. The smallest absolute Gasteiger partial charge is 0.303 e. The lowest BCUT2D eigenvalue weighted by molar-refractivity contribution is -0.150. The largest absolute Gasteiger partial charge is 0.457 e. The van der Waals surface area contributed by atoms with Gasteiger partial charge in [0.15, 0.2) is 5.78 Å².